The molecular formula is C16H23ClFN3O2. The Hall–Kier alpha value is -1.37. The van der Waals surface area contributed by atoms with Crippen molar-refractivity contribution in [3.05, 3.63) is 29.0 Å². The molecule has 128 valence electrons. The average Bonchev–Trinajstić information content (AvgIpc) is 2.55. The Bertz CT molecular complexity index is 538. The molecule has 0 radical (unpaired) electrons. The highest BCUT2D eigenvalue weighted by atomic mass is 35.5. The Morgan fingerprint density at radius 2 is 2.09 bits per heavy atom. The molecule has 1 aliphatic rings. The first-order chi connectivity index (χ1) is 11.0. The summed E-state index contributed by atoms with van der Waals surface area (Å²) in [5, 5.41) is 9.97. The van der Waals surface area contributed by atoms with Gasteiger partial charge in [-0.15, -0.1) is 0 Å². The van der Waals surface area contributed by atoms with Gasteiger partial charge in [-0.05, 0) is 30.5 Å². The van der Waals surface area contributed by atoms with E-state index in [4.69, 9.17) is 17.3 Å². The maximum atomic E-state index is 13.1. The number of hydrogen-bond acceptors (Lipinski definition) is 4. The lowest BCUT2D eigenvalue weighted by Gasteiger charge is -2.26. The highest BCUT2D eigenvalue weighted by molar-refractivity contribution is 6.31. The van der Waals surface area contributed by atoms with Gasteiger partial charge in [0.1, 0.15) is 11.9 Å². The van der Waals surface area contributed by atoms with Crippen LogP contribution in [0.1, 0.15) is 38.5 Å². The van der Waals surface area contributed by atoms with E-state index in [9.17, 15) is 14.3 Å². The Kier molecular flexibility index (Phi) is 6.62. The Morgan fingerprint density at radius 1 is 1.39 bits per heavy atom. The predicted octanol–water partition coefficient (Wildman–Crippen LogP) is 2.58. The van der Waals surface area contributed by atoms with Crippen LogP contribution in [0.5, 0.6) is 0 Å². The molecule has 1 amide bonds. The molecule has 1 unspecified atom stereocenters. The molecule has 1 aromatic rings. The molecule has 1 aliphatic carbocycles. The first kappa shape index (κ1) is 18.0. The minimum atomic E-state index is -1.29. The van der Waals surface area contributed by atoms with Crippen LogP contribution in [0.2, 0.25) is 5.02 Å². The zero-order chi connectivity index (χ0) is 16.8. The van der Waals surface area contributed by atoms with Gasteiger partial charge in [0.2, 0.25) is 0 Å². The predicted molar refractivity (Wildman–Crippen MR) is 88.3 cm³/mol. The molecule has 0 aromatic heterocycles. The third kappa shape index (κ3) is 5.34. The number of hydrazine groups is 1. The number of carbonyl (C=O) groups excluding carboxylic acids is 1. The zero-order valence-corrected chi connectivity index (χ0v) is 13.7. The van der Waals surface area contributed by atoms with E-state index in [-0.39, 0.29) is 5.02 Å². The largest absolute Gasteiger partial charge is 0.382 e. The van der Waals surface area contributed by atoms with E-state index in [2.05, 4.69) is 10.9 Å². The van der Waals surface area contributed by atoms with Gasteiger partial charge in [-0.2, -0.15) is 0 Å². The van der Waals surface area contributed by atoms with Crippen LogP contribution in [0, 0.1) is 11.7 Å². The zero-order valence-electron chi connectivity index (χ0n) is 12.9. The van der Waals surface area contributed by atoms with Crippen LogP contribution in [0.3, 0.4) is 0 Å². The second-order valence-electron chi connectivity index (χ2n) is 6.09. The van der Waals surface area contributed by atoms with Crippen LogP contribution in [0.25, 0.3) is 0 Å². The van der Waals surface area contributed by atoms with E-state index in [1.807, 2.05) is 0 Å². The quantitative estimate of drug-likeness (QED) is 0.598. The minimum Gasteiger partial charge on any atom is -0.382 e. The SMILES string of the molecule is N[C@H](CC1CCCCC1)C(O)C(=O)NNc1ccc(F)c(Cl)c1. The number of nitrogens with one attached hydrogen (secondary N) is 2. The standard InChI is InChI=1S/C16H23ClFN3O2/c17-12-9-11(6-7-13(12)18)20-21-16(23)15(22)14(19)8-10-4-2-1-3-5-10/h6-7,9-10,14-15,20,22H,1-5,8,19H2,(H,21,23)/t14-,15?/m1/s1. The van der Waals surface area contributed by atoms with Crippen LogP contribution in [0.4, 0.5) is 10.1 Å². The molecule has 5 nitrogen and oxygen atoms in total. The maximum Gasteiger partial charge on any atom is 0.268 e. The van der Waals surface area contributed by atoms with Crippen molar-refractivity contribution in [1.82, 2.24) is 5.43 Å². The second kappa shape index (κ2) is 8.47. The van der Waals surface area contributed by atoms with Crippen molar-refractivity contribution in [3.63, 3.8) is 0 Å². The van der Waals surface area contributed by atoms with Gasteiger partial charge in [0.05, 0.1) is 10.7 Å². The second-order valence-corrected chi connectivity index (χ2v) is 6.50. The highest BCUT2D eigenvalue weighted by Gasteiger charge is 2.26. The van der Waals surface area contributed by atoms with Gasteiger partial charge in [-0.25, -0.2) is 4.39 Å². The Morgan fingerprint density at radius 3 is 2.74 bits per heavy atom. The summed E-state index contributed by atoms with van der Waals surface area (Å²) in [4.78, 5) is 11.9. The monoisotopic (exact) mass is 343 g/mol. The van der Waals surface area contributed by atoms with Crippen molar-refractivity contribution in [2.75, 3.05) is 5.43 Å². The average molecular weight is 344 g/mol. The van der Waals surface area contributed by atoms with E-state index < -0.39 is 23.9 Å². The van der Waals surface area contributed by atoms with Crippen LogP contribution < -0.4 is 16.6 Å². The fourth-order valence-corrected chi connectivity index (χ4v) is 3.09. The van der Waals surface area contributed by atoms with Gasteiger partial charge in [-0.1, -0.05) is 43.7 Å². The van der Waals surface area contributed by atoms with Gasteiger partial charge in [0.15, 0.2) is 0 Å². The first-order valence-corrected chi connectivity index (χ1v) is 8.29. The number of benzene rings is 1. The highest BCUT2D eigenvalue weighted by Crippen LogP contribution is 2.27. The summed E-state index contributed by atoms with van der Waals surface area (Å²) in [6.45, 7) is 0. The summed E-state index contributed by atoms with van der Waals surface area (Å²) in [7, 11) is 0. The molecule has 1 fully saturated rings. The van der Waals surface area contributed by atoms with E-state index in [0.29, 0.717) is 18.0 Å². The summed E-state index contributed by atoms with van der Waals surface area (Å²) < 4.78 is 13.1. The Labute approximate surface area is 140 Å². The van der Waals surface area contributed by atoms with E-state index in [0.717, 1.165) is 12.8 Å². The van der Waals surface area contributed by atoms with Crippen molar-refractivity contribution in [1.29, 1.82) is 0 Å². The third-order valence-electron chi connectivity index (χ3n) is 4.25. The maximum absolute atomic E-state index is 13.1. The van der Waals surface area contributed by atoms with Gasteiger partial charge in [0, 0.05) is 6.04 Å². The van der Waals surface area contributed by atoms with E-state index in [1.54, 1.807) is 0 Å². The van der Waals surface area contributed by atoms with Gasteiger partial charge >= 0.3 is 0 Å². The molecule has 0 saturated heterocycles. The molecule has 2 rings (SSSR count). The summed E-state index contributed by atoms with van der Waals surface area (Å²) in [5.74, 6) is -0.683. The van der Waals surface area contributed by atoms with Crippen molar-refractivity contribution in [2.24, 2.45) is 11.7 Å². The normalized spacial score (nSPS) is 18.3. The summed E-state index contributed by atoms with van der Waals surface area (Å²) in [6, 6.07) is 3.35. The molecule has 23 heavy (non-hydrogen) atoms. The van der Waals surface area contributed by atoms with E-state index in [1.165, 1.54) is 37.5 Å². The van der Waals surface area contributed by atoms with Crippen LogP contribution in [-0.4, -0.2) is 23.2 Å². The van der Waals surface area contributed by atoms with Crippen molar-refractivity contribution >= 4 is 23.2 Å². The Balaban J connectivity index is 1.80. The van der Waals surface area contributed by atoms with Crippen LogP contribution >= 0.6 is 11.6 Å². The van der Waals surface area contributed by atoms with E-state index >= 15 is 0 Å². The fourth-order valence-electron chi connectivity index (χ4n) is 2.91. The molecule has 1 aromatic carbocycles. The number of amides is 1. The lowest BCUT2D eigenvalue weighted by Crippen LogP contribution is -2.48. The molecule has 0 spiro atoms. The van der Waals surface area contributed by atoms with Crippen LogP contribution in [0.15, 0.2) is 18.2 Å². The van der Waals surface area contributed by atoms with Crippen LogP contribution in [-0.2, 0) is 4.79 Å². The van der Waals surface area contributed by atoms with Gasteiger partial charge in [0.25, 0.3) is 5.91 Å². The molecule has 1 saturated carbocycles. The molecule has 0 aliphatic heterocycles. The third-order valence-corrected chi connectivity index (χ3v) is 4.54. The molecular weight excluding hydrogens is 321 g/mol. The first-order valence-electron chi connectivity index (χ1n) is 7.92. The van der Waals surface area contributed by atoms with Crippen molar-refractivity contribution < 1.29 is 14.3 Å². The number of halogens is 2. The molecule has 0 bridgehead atoms. The number of aliphatic hydroxyl groups is 1. The number of rotatable bonds is 6. The summed E-state index contributed by atoms with van der Waals surface area (Å²) in [6.07, 6.45) is 5.18. The van der Waals surface area contributed by atoms with Crippen molar-refractivity contribution in [3.8, 4) is 0 Å². The summed E-state index contributed by atoms with van der Waals surface area (Å²) in [5.41, 5.74) is 11.3. The van der Waals surface area contributed by atoms with Gasteiger partial charge < -0.3 is 10.8 Å². The minimum absolute atomic E-state index is 0.0567. The molecule has 2 atom stereocenters. The number of anilines is 1. The number of nitrogens with two attached hydrogens (primary N) is 1. The molecule has 7 heteroatoms. The number of carbonyl (C=O) groups is 1. The lowest BCUT2D eigenvalue weighted by molar-refractivity contribution is -0.130. The molecule has 0 heterocycles. The fraction of sp³-hybridized carbons (Fsp3) is 0.562. The summed E-state index contributed by atoms with van der Waals surface area (Å²) >= 11 is 5.65. The topological polar surface area (TPSA) is 87.4 Å². The van der Waals surface area contributed by atoms with Gasteiger partial charge in [-0.3, -0.25) is 15.6 Å². The smallest absolute Gasteiger partial charge is 0.268 e. The molecule has 5 N–H and O–H groups in total. The lowest BCUT2D eigenvalue weighted by atomic mass is 9.84. The number of aliphatic hydroxyl groups excluding tert-OH is 1. The number of hydrogen-bond donors (Lipinski definition) is 4. The van der Waals surface area contributed by atoms with Crippen molar-refractivity contribution in [2.45, 2.75) is 50.7 Å².